The van der Waals surface area contributed by atoms with E-state index in [1.165, 1.54) is 51.5 Å². The molecule has 2 aliphatic rings. The van der Waals surface area contributed by atoms with E-state index in [9.17, 15) is 4.79 Å². The van der Waals surface area contributed by atoms with Crippen molar-refractivity contribution in [1.29, 1.82) is 0 Å². The molecule has 168 valence electrons. The Morgan fingerprint density at radius 2 is 1.94 bits per heavy atom. The van der Waals surface area contributed by atoms with Gasteiger partial charge < -0.3 is 9.80 Å². The lowest BCUT2D eigenvalue weighted by atomic mass is 9.90. The molecule has 1 amide bonds. The zero-order valence-electron chi connectivity index (χ0n) is 18.7. The summed E-state index contributed by atoms with van der Waals surface area (Å²) < 4.78 is 0. The molecule has 2 aromatic heterocycles. The molecule has 3 heterocycles. The fourth-order valence-electron chi connectivity index (χ4n) is 5.54. The highest BCUT2D eigenvalue weighted by Crippen LogP contribution is 2.28. The summed E-state index contributed by atoms with van der Waals surface area (Å²) in [6, 6.07) is 12.6. The lowest BCUT2D eigenvalue weighted by Crippen LogP contribution is -2.47. The summed E-state index contributed by atoms with van der Waals surface area (Å²) in [6.45, 7) is 3.64. The maximum Gasteiger partial charge on any atom is 0.275 e. The zero-order chi connectivity index (χ0) is 21.8. The molecule has 5 rings (SSSR count). The Morgan fingerprint density at radius 3 is 2.78 bits per heavy atom. The minimum absolute atomic E-state index is 0.00101. The summed E-state index contributed by atoms with van der Waals surface area (Å²) >= 11 is 0. The van der Waals surface area contributed by atoms with Crippen LogP contribution in [-0.4, -0.2) is 56.6 Å². The van der Waals surface area contributed by atoms with Crippen LogP contribution in [0.5, 0.6) is 0 Å². The molecule has 6 heteroatoms. The third-order valence-electron chi connectivity index (χ3n) is 7.18. The van der Waals surface area contributed by atoms with Crippen LogP contribution >= 0.6 is 0 Å². The smallest absolute Gasteiger partial charge is 0.275 e. The Morgan fingerprint density at radius 1 is 1.06 bits per heavy atom. The Balaban J connectivity index is 1.35. The van der Waals surface area contributed by atoms with Gasteiger partial charge in [0.1, 0.15) is 0 Å². The van der Waals surface area contributed by atoms with E-state index in [-0.39, 0.29) is 5.91 Å². The highest BCUT2D eigenvalue weighted by atomic mass is 16.2. The van der Waals surface area contributed by atoms with Crippen LogP contribution in [0.4, 0.5) is 0 Å². The number of hydrogen-bond donors (Lipinski definition) is 1. The molecule has 1 aliphatic heterocycles. The number of nitrogens with zero attached hydrogens (tertiary/aromatic N) is 4. The van der Waals surface area contributed by atoms with Gasteiger partial charge in [-0.3, -0.25) is 14.9 Å². The van der Waals surface area contributed by atoms with Gasteiger partial charge in [-0.25, -0.2) is 0 Å². The fraction of sp³-hybridized carbons (Fsp3) is 0.500. The number of carbonyl (C=O) groups is 1. The van der Waals surface area contributed by atoms with Crippen LogP contribution < -0.4 is 0 Å². The van der Waals surface area contributed by atoms with Gasteiger partial charge in [-0.2, -0.15) is 5.10 Å². The summed E-state index contributed by atoms with van der Waals surface area (Å²) in [5.74, 6) is 0.498. The van der Waals surface area contributed by atoms with E-state index >= 15 is 0 Å². The first-order valence-corrected chi connectivity index (χ1v) is 12.1. The van der Waals surface area contributed by atoms with Gasteiger partial charge in [0.25, 0.3) is 5.91 Å². The molecule has 0 unspecified atom stereocenters. The molecule has 1 saturated heterocycles. The quantitative estimate of drug-likeness (QED) is 0.617. The van der Waals surface area contributed by atoms with Crippen molar-refractivity contribution < 1.29 is 4.79 Å². The monoisotopic (exact) mass is 431 g/mol. The summed E-state index contributed by atoms with van der Waals surface area (Å²) in [5.41, 5.74) is 2.48. The van der Waals surface area contributed by atoms with Gasteiger partial charge in [0.05, 0.1) is 5.52 Å². The second kappa shape index (κ2) is 9.82. The number of carbonyl (C=O) groups excluding carboxylic acids is 1. The van der Waals surface area contributed by atoms with Gasteiger partial charge in [-0.05, 0) is 55.8 Å². The van der Waals surface area contributed by atoms with Crippen molar-refractivity contribution in [3.63, 3.8) is 0 Å². The van der Waals surface area contributed by atoms with Crippen LogP contribution in [0.3, 0.4) is 0 Å². The number of nitrogens with one attached hydrogen (secondary N) is 1. The van der Waals surface area contributed by atoms with E-state index in [2.05, 4.69) is 20.1 Å². The number of para-hydroxylation sites is 1. The number of rotatable bonds is 6. The summed E-state index contributed by atoms with van der Waals surface area (Å²) in [6.07, 6.45) is 12.8. The maximum absolute atomic E-state index is 13.7. The van der Waals surface area contributed by atoms with Crippen LogP contribution in [-0.2, 0) is 6.54 Å². The first kappa shape index (κ1) is 21.1. The number of likely N-dealkylation sites (tertiary alicyclic amines) is 1. The van der Waals surface area contributed by atoms with Crippen LogP contribution in [0.1, 0.15) is 61.0 Å². The molecule has 3 aromatic rings. The Hall–Kier alpha value is -2.73. The number of aromatic nitrogens is 3. The van der Waals surface area contributed by atoms with Gasteiger partial charge in [0.2, 0.25) is 0 Å². The Kier molecular flexibility index (Phi) is 6.49. The topological polar surface area (TPSA) is 65.1 Å². The van der Waals surface area contributed by atoms with Crippen molar-refractivity contribution in [1.82, 2.24) is 25.0 Å². The number of hydrogen-bond acceptors (Lipinski definition) is 4. The third-order valence-corrected chi connectivity index (χ3v) is 7.18. The number of amides is 1. The van der Waals surface area contributed by atoms with E-state index < -0.39 is 0 Å². The van der Waals surface area contributed by atoms with E-state index in [0.29, 0.717) is 18.2 Å². The maximum atomic E-state index is 13.7. The predicted molar refractivity (Wildman–Crippen MR) is 126 cm³/mol. The standard InChI is InChI=1S/C26H33N5O/c32-26(25-23-12-4-5-13-24(23)28-29-25)31(17-20-8-6-14-27-16-20)19-21-9-7-15-30(18-21)22-10-2-1-3-11-22/h4-6,8,12-14,16,21-22H,1-3,7,9-11,15,17-19H2,(H,28,29)/t21-/m0/s1. The van der Waals surface area contributed by atoms with Crippen molar-refractivity contribution in [2.75, 3.05) is 19.6 Å². The zero-order valence-corrected chi connectivity index (χ0v) is 18.7. The van der Waals surface area contributed by atoms with Crippen molar-refractivity contribution in [3.05, 3.63) is 60.0 Å². The second-order valence-electron chi connectivity index (χ2n) is 9.46. The Labute approximate surface area is 190 Å². The molecule has 1 N–H and O–H groups in total. The summed E-state index contributed by atoms with van der Waals surface area (Å²) in [4.78, 5) is 22.7. The number of piperidine rings is 1. The molecule has 0 spiro atoms. The average Bonchev–Trinajstić information content (AvgIpc) is 3.29. The van der Waals surface area contributed by atoms with Gasteiger partial charge in [-0.1, -0.05) is 43.5 Å². The summed E-state index contributed by atoms with van der Waals surface area (Å²) in [5, 5.41) is 8.31. The number of fused-ring (bicyclic) bond motifs is 1. The molecule has 1 saturated carbocycles. The highest BCUT2D eigenvalue weighted by molar-refractivity contribution is 6.04. The normalized spacial score (nSPS) is 20.4. The largest absolute Gasteiger partial charge is 0.333 e. The highest BCUT2D eigenvalue weighted by Gasteiger charge is 2.30. The number of benzene rings is 1. The van der Waals surface area contributed by atoms with Crippen LogP contribution in [0.25, 0.3) is 10.9 Å². The van der Waals surface area contributed by atoms with Gasteiger partial charge in [0, 0.05) is 43.5 Å². The van der Waals surface area contributed by atoms with Crippen LogP contribution in [0, 0.1) is 5.92 Å². The minimum Gasteiger partial charge on any atom is -0.333 e. The lowest BCUT2D eigenvalue weighted by molar-refractivity contribution is 0.0580. The van der Waals surface area contributed by atoms with Crippen molar-refractivity contribution in [2.24, 2.45) is 5.92 Å². The van der Waals surface area contributed by atoms with Gasteiger partial charge in [-0.15, -0.1) is 0 Å². The van der Waals surface area contributed by atoms with Crippen molar-refractivity contribution >= 4 is 16.8 Å². The van der Waals surface area contributed by atoms with Crippen LogP contribution in [0.15, 0.2) is 48.8 Å². The average molecular weight is 432 g/mol. The van der Waals surface area contributed by atoms with E-state index in [4.69, 9.17) is 0 Å². The molecule has 1 aromatic carbocycles. The Bertz CT molecular complexity index is 1030. The van der Waals surface area contributed by atoms with Gasteiger partial charge in [0.15, 0.2) is 5.69 Å². The lowest BCUT2D eigenvalue weighted by Gasteiger charge is -2.41. The number of pyridine rings is 1. The minimum atomic E-state index is 0.00101. The van der Waals surface area contributed by atoms with E-state index in [1.54, 1.807) is 6.20 Å². The molecule has 1 aliphatic carbocycles. The molecule has 1 atom stereocenters. The molecular weight excluding hydrogens is 398 g/mol. The molecule has 32 heavy (non-hydrogen) atoms. The van der Waals surface area contributed by atoms with Crippen molar-refractivity contribution in [3.8, 4) is 0 Å². The second-order valence-corrected chi connectivity index (χ2v) is 9.46. The molecule has 0 bridgehead atoms. The van der Waals surface area contributed by atoms with Crippen LogP contribution in [0.2, 0.25) is 0 Å². The molecule has 0 radical (unpaired) electrons. The SMILES string of the molecule is O=C(c1n[nH]c2ccccc12)N(Cc1cccnc1)C[C@H]1CCCN(C2CCCCC2)C1. The molecular formula is C26H33N5O. The third kappa shape index (κ3) is 4.70. The van der Waals surface area contributed by atoms with Gasteiger partial charge >= 0.3 is 0 Å². The first-order valence-electron chi connectivity index (χ1n) is 12.1. The van der Waals surface area contributed by atoms with Crippen molar-refractivity contribution in [2.45, 2.75) is 57.5 Å². The fourth-order valence-corrected chi connectivity index (χ4v) is 5.54. The molecule has 6 nitrogen and oxygen atoms in total. The predicted octanol–water partition coefficient (Wildman–Crippen LogP) is 4.65. The van der Waals surface area contributed by atoms with E-state index in [1.807, 2.05) is 47.5 Å². The first-order chi connectivity index (χ1) is 15.8. The number of aromatic amines is 1. The summed E-state index contributed by atoms with van der Waals surface area (Å²) in [7, 11) is 0. The number of H-pyrrole nitrogens is 1. The molecule has 2 fully saturated rings. The van der Waals surface area contributed by atoms with E-state index in [0.717, 1.165) is 35.6 Å².